The first-order valence-electron chi connectivity index (χ1n) is 7.38. The van der Waals surface area contributed by atoms with Crippen LogP contribution in [0.25, 0.3) is 22.4 Å². The number of aromatic nitrogens is 1. The highest BCUT2D eigenvalue weighted by Gasteiger charge is 2.04. The average molecular weight is 273 g/mol. The third-order valence-corrected chi connectivity index (χ3v) is 3.71. The lowest BCUT2D eigenvalue weighted by molar-refractivity contribution is 1.13. The maximum Gasteiger partial charge on any atom is 0.0708 e. The van der Waals surface area contributed by atoms with Crippen molar-refractivity contribution < 1.29 is 0 Å². The van der Waals surface area contributed by atoms with Gasteiger partial charge in [0.25, 0.3) is 0 Å². The van der Waals surface area contributed by atoms with Crippen LogP contribution in [0.4, 0.5) is 0 Å². The fourth-order valence-corrected chi connectivity index (χ4v) is 2.61. The molecule has 0 atom stereocenters. The zero-order chi connectivity index (χ0) is 14.7. The number of pyridine rings is 1. The van der Waals surface area contributed by atoms with Gasteiger partial charge in [-0.25, -0.2) is 0 Å². The van der Waals surface area contributed by atoms with Gasteiger partial charge in [0, 0.05) is 11.8 Å². The SMILES string of the molecule is CCc1cc(C)cc(-c2ccnc(-c3ccccc3)c2)c1. The van der Waals surface area contributed by atoms with Crippen LogP contribution in [0.2, 0.25) is 0 Å². The van der Waals surface area contributed by atoms with E-state index in [4.69, 9.17) is 0 Å². The van der Waals surface area contributed by atoms with Gasteiger partial charge < -0.3 is 0 Å². The monoisotopic (exact) mass is 273 g/mol. The van der Waals surface area contributed by atoms with Crippen molar-refractivity contribution in [1.29, 1.82) is 0 Å². The summed E-state index contributed by atoms with van der Waals surface area (Å²) in [5.41, 5.74) is 7.36. The van der Waals surface area contributed by atoms with Crippen molar-refractivity contribution in [2.75, 3.05) is 0 Å². The first-order chi connectivity index (χ1) is 10.3. The highest BCUT2D eigenvalue weighted by molar-refractivity contribution is 5.71. The number of hydrogen-bond donors (Lipinski definition) is 0. The van der Waals surface area contributed by atoms with Crippen molar-refractivity contribution in [3.05, 3.63) is 78.0 Å². The molecule has 0 aliphatic carbocycles. The lowest BCUT2D eigenvalue weighted by atomic mass is 9.98. The normalized spacial score (nSPS) is 10.6. The second-order valence-electron chi connectivity index (χ2n) is 5.36. The van der Waals surface area contributed by atoms with Gasteiger partial charge in [-0.2, -0.15) is 0 Å². The molecule has 0 spiro atoms. The van der Waals surface area contributed by atoms with Gasteiger partial charge in [-0.3, -0.25) is 4.98 Å². The van der Waals surface area contributed by atoms with Crippen molar-refractivity contribution in [2.24, 2.45) is 0 Å². The Bertz CT molecular complexity index is 745. The molecule has 0 saturated heterocycles. The van der Waals surface area contributed by atoms with Gasteiger partial charge in [-0.15, -0.1) is 0 Å². The lowest BCUT2D eigenvalue weighted by Crippen LogP contribution is -1.88. The van der Waals surface area contributed by atoms with E-state index in [1.54, 1.807) is 0 Å². The van der Waals surface area contributed by atoms with E-state index < -0.39 is 0 Å². The van der Waals surface area contributed by atoms with E-state index >= 15 is 0 Å². The van der Waals surface area contributed by atoms with Crippen LogP contribution < -0.4 is 0 Å². The van der Waals surface area contributed by atoms with Crippen molar-refractivity contribution >= 4 is 0 Å². The molecule has 0 amide bonds. The fourth-order valence-electron chi connectivity index (χ4n) is 2.61. The zero-order valence-corrected chi connectivity index (χ0v) is 12.5. The Labute approximate surface area is 126 Å². The Kier molecular flexibility index (Phi) is 3.83. The molecule has 1 heterocycles. The van der Waals surface area contributed by atoms with E-state index in [9.17, 15) is 0 Å². The van der Waals surface area contributed by atoms with Gasteiger partial charge in [-0.05, 0) is 42.2 Å². The van der Waals surface area contributed by atoms with Crippen LogP contribution >= 0.6 is 0 Å². The van der Waals surface area contributed by atoms with Crippen molar-refractivity contribution in [1.82, 2.24) is 4.98 Å². The molecular weight excluding hydrogens is 254 g/mol. The van der Waals surface area contributed by atoms with Gasteiger partial charge in [0.15, 0.2) is 0 Å². The summed E-state index contributed by atoms with van der Waals surface area (Å²) in [5, 5.41) is 0. The molecule has 21 heavy (non-hydrogen) atoms. The van der Waals surface area contributed by atoms with Crippen LogP contribution in [-0.2, 0) is 6.42 Å². The smallest absolute Gasteiger partial charge is 0.0708 e. The molecule has 0 fully saturated rings. The Morgan fingerprint density at radius 2 is 1.62 bits per heavy atom. The van der Waals surface area contributed by atoms with E-state index in [0.717, 1.165) is 17.7 Å². The van der Waals surface area contributed by atoms with Crippen LogP contribution in [0.15, 0.2) is 66.9 Å². The Morgan fingerprint density at radius 1 is 0.810 bits per heavy atom. The minimum atomic E-state index is 1.02. The second kappa shape index (κ2) is 5.92. The van der Waals surface area contributed by atoms with Crippen LogP contribution in [0, 0.1) is 6.92 Å². The molecule has 1 aromatic heterocycles. The summed E-state index contributed by atoms with van der Waals surface area (Å²) in [7, 11) is 0. The van der Waals surface area contributed by atoms with Gasteiger partial charge in [-0.1, -0.05) is 61.0 Å². The molecule has 0 aliphatic rings. The largest absolute Gasteiger partial charge is 0.256 e. The van der Waals surface area contributed by atoms with Gasteiger partial charge in [0.2, 0.25) is 0 Å². The topological polar surface area (TPSA) is 12.9 Å². The second-order valence-corrected chi connectivity index (χ2v) is 5.36. The van der Waals surface area contributed by atoms with Crippen LogP contribution in [0.1, 0.15) is 18.1 Å². The highest BCUT2D eigenvalue weighted by Crippen LogP contribution is 2.26. The first-order valence-corrected chi connectivity index (χ1v) is 7.38. The van der Waals surface area contributed by atoms with E-state index in [0.29, 0.717) is 0 Å². The van der Waals surface area contributed by atoms with Crippen molar-refractivity contribution in [3.8, 4) is 22.4 Å². The van der Waals surface area contributed by atoms with Crippen LogP contribution in [-0.4, -0.2) is 4.98 Å². The number of benzene rings is 2. The zero-order valence-electron chi connectivity index (χ0n) is 12.5. The molecular formula is C20H19N. The van der Waals surface area contributed by atoms with Crippen molar-refractivity contribution in [3.63, 3.8) is 0 Å². The molecule has 1 nitrogen and oxygen atoms in total. The summed E-state index contributed by atoms with van der Waals surface area (Å²) in [6.07, 6.45) is 2.96. The number of aryl methyl sites for hydroxylation is 2. The average Bonchev–Trinajstić information content (AvgIpc) is 2.55. The molecule has 1 heteroatoms. The Balaban J connectivity index is 2.06. The summed E-state index contributed by atoms with van der Waals surface area (Å²) < 4.78 is 0. The predicted molar refractivity (Wildman–Crippen MR) is 89.2 cm³/mol. The summed E-state index contributed by atoms with van der Waals surface area (Å²) in [6.45, 7) is 4.35. The Hall–Kier alpha value is -2.41. The molecule has 0 saturated carbocycles. The summed E-state index contributed by atoms with van der Waals surface area (Å²) >= 11 is 0. The summed E-state index contributed by atoms with van der Waals surface area (Å²) in [4.78, 5) is 4.50. The molecule has 2 aromatic carbocycles. The maximum absolute atomic E-state index is 4.50. The molecule has 0 aliphatic heterocycles. The third-order valence-electron chi connectivity index (χ3n) is 3.71. The van der Waals surface area contributed by atoms with Crippen molar-refractivity contribution in [2.45, 2.75) is 20.3 Å². The fraction of sp³-hybridized carbons (Fsp3) is 0.150. The van der Waals surface area contributed by atoms with Crippen LogP contribution in [0.3, 0.4) is 0 Å². The molecule has 0 bridgehead atoms. The maximum atomic E-state index is 4.50. The van der Waals surface area contributed by atoms with E-state index in [-0.39, 0.29) is 0 Å². The number of rotatable bonds is 3. The number of hydrogen-bond acceptors (Lipinski definition) is 1. The molecule has 0 radical (unpaired) electrons. The van der Waals surface area contributed by atoms with Crippen LogP contribution in [0.5, 0.6) is 0 Å². The summed E-state index contributed by atoms with van der Waals surface area (Å²) in [6, 6.07) is 21.3. The molecule has 3 rings (SSSR count). The highest BCUT2D eigenvalue weighted by atomic mass is 14.7. The van der Waals surface area contributed by atoms with E-state index in [1.807, 2.05) is 24.4 Å². The van der Waals surface area contributed by atoms with Gasteiger partial charge in [0.1, 0.15) is 0 Å². The first kappa shape index (κ1) is 13.6. The van der Waals surface area contributed by atoms with E-state index in [1.165, 1.54) is 22.3 Å². The van der Waals surface area contributed by atoms with Gasteiger partial charge >= 0.3 is 0 Å². The summed E-state index contributed by atoms with van der Waals surface area (Å²) in [5.74, 6) is 0. The minimum Gasteiger partial charge on any atom is -0.256 e. The van der Waals surface area contributed by atoms with Gasteiger partial charge in [0.05, 0.1) is 5.69 Å². The Morgan fingerprint density at radius 3 is 2.38 bits per heavy atom. The molecule has 104 valence electrons. The standard InChI is InChI=1S/C20H19N/c1-3-16-11-15(2)12-19(13-16)18-9-10-21-20(14-18)17-7-5-4-6-8-17/h4-14H,3H2,1-2H3. The molecule has 0 N–H and O–H groups in total. The molecule has 0 unspecified atom stereocenters. The quantitative estimate of drug-likeness (QED) is 0.632. The minimum absolute atomic E-state index is 1.02. The lowest BCUT2D eigenvalue weighted by Gasteiger charge is -2.08. The molecule has 3 aromatic rings. The van der Waals surface area contributed by atoms with E-state index in [2.05, 4.69) is 61.3 Å². The predicted octanol–water partition coefficient (Wildman–Crippen LogP) is 5.29. The third kappa shape index (κ3) is 3.03. The number of nitrogens with zero attached hydrogens (tertiary/aromatic N) is 1.